The van der Waals surface area contributed by atoms with Gasteiger partial charge in [0.05, 0.1) is 33.1 Å². The van der Waals surface area contributed by atoms with E-state index in [1.807, 2.05) is 18.3 Å². The molecule has 1 aliphatic rings. The van der Waals surface area contributed by atoms with Crippen LogP contribution in [-0.2, 0) is 27.2 Å². The molecule has 0 aliphatic carbocycles. The van der Waals surface area contributed by atoms with Crippen LogP contribution in [0.3, 0.4) is 0 Å². The lowest BCUT2D eigenvalue weighted by Gasteiger charge is -2.31. The number of rotatable bonds is 11. The van der Waals surface area contributed by atoms with Gasteiger partial charge in [-0.3, -0.25) is 14.5 Å². The molecule has 0 amide bonds. The summed E-state index contributed by atoms with van der Waals surface area (Å²) >= 11 is 0. The fraction of sp³-hybridized carbons (Fsp3) is 0.520. The van der Waals surface area contributed by atoms with E-state index in [2.05, 4.69) is 11.5 Å². The number of hydrogen-bond acceptors (Lipinski definition) is 7. The van der Waals surface area contributed by atoms with Gasteiger partial charge in [-0.15, -0.1) is 0 Å². The number of benzene rings is 1. The summed E-state index contributed by atoms with van der Waals surface area (Å²) in [6, 6.07) is 5.91. The number of likely N-dealkylation sites (N-methyl/N-ethyl adjacent to an activating group) is 1. The lowest BCUT2D eigenvalue weighted by atomic mass is 9.90. The first-order valence-electron chi connectivity index (χ1n) is 11.2. The second-order valence-electron chi connectivity index (χ2n) is 8.33. The Kier molecular flexibility index (Phi) is 8.52. The predicted octanol–water partition coefficient (Wildman–Crippen LogP) is 3.05. The topological polar surface area (TPSA) is 79.2 Å². The van der Waals surface area contributed by atoms with Crippen LogP contribution in [0.1, 0.15) is 36.9 Å². The van der Waals surface area contributed by atoms with Crippen LogP contribution in [0.4, 0.5) is 0 Å². The molecule has 1 atom stereocenters. The molecule has 0 fully saturated rings. The standard InChI is InChI=1S/C25H34N2O6/c1-6-19-10-17-11-24(33-9-7-8-30-3)23(31-4)12-20(17)21-13-22(28)18(15-27(19)21)14-26(2)16-25(29)32-5/h11-13,15,19H,6-10,14,16H2,1-5H3. The van der Waals surface area contributed by atoms with Crippen LogP contribution in [0.2, 0.25) is 0 Å². The summed E-state index contributed by atoms with van der Waals surface area (Å²) in [5.41, 5.74) is 3.58. The van der Waals surface area contributed by atoms with Gasteiger partial charge in [0.1, 0.15) is 0 Å². The molecule has 180 valence electrons. The van der Waals surface area contributed by atoms with Crippen molar-refractivity contribution >= 4 is 5.97 Å². The van der Waals surface area contributed by atoms with E-state index in [1.165, 1.54) is 7.11 Å². The summed E-state index contributed by atoms with van der Waals surface area (Å²) in [5, 5.41) is 0. The quantitative estimate of drug-likeness (QED) is 0.378. The van der Waals surface area contributed by atoms with E-state index in [1.54, 1.807) is 32.2 Å². The lowest BCUT2D eigenvalue weighted by Crippen LogP contribution is -2.30. The minimum absolute atomic E-state index is 0.0560. The van der Waals surface area contributed by atoms with E-state index < -0.39 is 0 Å². The molecule has 2 heterocycles. The van der Waals surface area contributed by atoms with Crippen molar-refractivity contribution in [3.8, 4) is 22.8 Å². The van der Waals surface area contributed by atoms with Crippen molar-refractivity contribution in [2.45, 2.75) is 38.8 Å². The van der Waals surface area contributed by atoms with Gasteiger partial charge in [0.25, 0.3) is 0 Å². The monoisotopic (exact) mass is 458 g/mol. The van der Waals surface area contributed by atoms with E-state index in [-0.39, 0.29) is 24.0 Å². The highest BCUT2D eigenvalue weighted by molar-refractivity contribution is 5.72. The van der Waals surface area contributed by atoms with Gasteiger partial charge >= 0.3 is 5.97 Å². The Morgan fingerprint density at radius 2 is 1.94 bits per heavy atom. The molecule has 0 radical (unpaired) electrons. The van der Waals surface area contributed by atoms with Gasteiger partial charge in [0.2, 0.25) is 0 Å². The molecule has 3 rings (SSSR count). The predicted molar refractivity (Wildman–Crippen MR) is 126 cm³/mol. The summed E-state index contributed by atoms with van der Waals surface area (Å²) < 4.78 is 23.6. The van der Waals surface area contributed by atoms with E-state index in [9.17, 15) is 9.59 Å². The van der Waals surface area contributed by atoms with Gasteiger partial charge in [0, 0.05) is 56.1 Å². The fourth-order valence-electron chi connectivity index (χ4n) is 4.22. The van der Waals surface area contributed by atoms with Gasteiger partial charge in [0.15, 0.2) is 16.9 Å². The van der Waals surface area contributed by atoms with Crippen molar-refractivity contribution in [3.63, 3.8) is 0 Å². The molecule has 0 spiro atoms. The van der Waals surface area contributed by atoms with E-state index in [0.717, 1.165) is 36.1 Å². The number of esters is 1. The third kappa shape index (κ3) is 5.75. The molecule has 0 saturated heterocycles. The van der Waals surface area contributed by atoms with Crippen molar-refractivity contribution in [1.82, 2.24) is 9.47 Å². The zero-order chi connectivity index (χ0) is 24.0. The van der Waals surface area contributed by atoms with E-state index in [4.69, 9.17) is 18.9 Å². The van der Waals surface area contributed by atoms with Crippen LogP contribution in [0.25, 0.3) is 11.3 Å². The van der Waals surface area contributed by atoms with Crippen LogP contribution < -0.4 is 14.9 Å². The summed E-state index contributed by atoms with van der Waals surface area (Å²) in [6.07, 6.45) is 4.48. The highest BCUT2D eigenvalue weighted by Gasteiger charge is 2.26. The molecule has 0 saturated carbocycles. The first kappa shape index (κ1) is 24.8. The third-order valence-electron chi connectivity index (χ3n) is 5.96. The second-order valence-corrected chi connectivity index (χ2v) is 8.33. The minimum Gasteiger partial charge on any atom is -0.493 e. The minimum atomic E-state index is -0.330. The van der Waals surface area contributed by atoms with Gasteiger partial charge in [-0.05, 0) is 37.6 Å². The number of methoxy groups -OCH3 is 3. The lowest BCUT2D eigenvalue weighted by molar-refractivity contribution is -0.141. The average Bonchev–Trinajstić information content (AvgIpc) is 2.81. The largest absolute Gasteiger partial charge is 0.493 e. The Hall–Kier alpha value is -2.84. The summed E-state index contributed by atoms with van der Waals surface area (Å²) in [4.78, 5) is 26.3. The Labute approximate surface area is 195 Å². The van der Waals surface area contributed by atoms with E-state index in [0.29, 0.717) is 36.8 Å². The third-order valence-corrected chi connectivity index (χ3v) is 5.96. The molecule has 0 N–H and O–H groups in total. The molecule has 2 aromatic rings. The number of pyridine rings is 1. The number of ether oxygens (including phenoxy) is 4. The van der Waals surface area contributed by atoms with Gasteiger partial charge < -0.3 is 23.5 Å². The molecule has 1 unspecified atom stereocenters. The second kappa shape index (κ2) is 11.3. The number of hydrogen-bond donors (Lipinski definition) is 0. The summed E-state index contributed by atoms with van der Waals surface area (Å²) in [7, 11) is 6.45. The molecule has 8 heteroatoms. The number of fused-ring (bicyclic) bond motifs is 3. The Balaban J connectivity index is 1.96. The molecule has 1 aromatic heterocycles. The van der Waals surface area contributed by atoms with Crippen LogP contribution >= 0.6 is 0 Å². The number of nitrogens with zero attached hydrogens (tertiary/aromatic N) is 2. The molecule has 8 nitrogen and oxygen atoms in total. The summed E-state index contributed by atoms with van der Waals surface area (Å²) in [5.74, 6) is 1.02. The maximum absolute atomic E-state index is 13.0. The van der Waals surface area contributed by atoms with Crippen molar-refractivity contribution < 1.29 is 23.7 Å². The van der Waals surface area contributed by atoms with Gasteiger partial charge in [-0.1, -0.05) is 6.92 Å². The fourth-order valence-corrected chi connectivity index (χ4v) is 4.22. The first-order valence-corrected chi connectivity index (χ1v) is 11.2. The highest BCUT2D eigenvalue weighted by atomic mass is 16.5. The van der Waals surface area contributed by atoms with E-state index >= 15 is 0 Å². The Morgan fingerprint density at radius 1 is 1.15 bits per heavy atom. The van der Waals surface area contributed by atoms with Gasteiger partial charge in [-0.2, -0.15) is 0 Å². The zero-order valence-corrected chi connectivity index (χ0v) is 20.2. The maximum atomic E-state index is 13.0. The zero-order valence-electron chi connectivity index (χ0n) is 20.2. The number of carbonyl (C=O) groups is 1. The first-order chi connectivity index (χ1) is 15.9. The SMILES string of the molecule is CCC1Cc2cc(OCCCOC)c(OC)cc2-c2cc(=O)c(CN(C)CC(=O)OC)cn21. The molecule has 1 aromatic carbocycles. The van der Waals surface area contributed by atoms with Crippen LogP contribution in [0.15, 0.2) is 29.2 Å². The van der Waals surface area contributed by atoms with Crippen LogP contribution in [-0.4, -0.2) is 63.6 Å². The molecule has 1 aliphatic heterocycles. The van der Waals surface area contributed by atoms with Crippen molar-refractivity contribution in [1.29, 1.82) is 0 Å². The van der Waals surface area contributed by atoms with Crippen molar-refractivity contribution in [3.05, 3.63) is 45.7 Å². The molecular weight excluding hydrogens is 424 g/mol. The summed E-state index contributed by atoms with van der Waals surface area (Å²) in [6.45, 7) is 3.82. The smallest absolute Gasteiger partial charge is 0.319 e. The molecule has 0 bridgehead atoms. The number of carbonyl (C=O) groups excluding carboxylic acids is 1. The molecule has 33 heavy (non-hydrogen) atoms. The number of aromatic nitrogens is 1. The normalized spacial score (nSPS) is 14.5. The Morgan fingerprint density at radius 3 is 2.61 bits per heavy atom. The average molecular weight is 459 g/mol. The molecular formula is C25H34N2O6. The van der Waals surface area contributed by atoms with Gasteiger partial charge in [-0.25, -0.2) is 0 Å². The van der Waals surface area contributed by atoms with Crippen molar-refractivity contribution in [2.75, 3.05) is 48.1 Å². The highest BCUT2D eigenvalue weighted by Crippen LogP contribution is 2.41. The van der Waals surface area contributed by atoms with Crippen LogP contribution in [0.5, 0.6) is 11.5 Å². The Bertz CT molecular complexity index is 1030. The maximum Gasteiger partial charge on any atom is 0.319 e. The van der Waals surface area contributed by atoms with Crippen molar-refractivity contribution in [2.24, 2.45) is 0 Å². The van der Waals surface area contributed by atoms with Crippen LogP contribution in [0, 0.1) is 0 Å².